The molecule has 1 fully saturated rings. The second kappa shape index (κ2) is 10.2. The van der Waals surface area contributed by atoms with Gasteiger partial charge >= 0.3 is 0 Å². The molecule has 8 nitrogen and oxygen atoms in total. The molecule has 2 amide bonds. The van der Waals surface area contributed by atoms with Gasteiger partial charge in [-0.05, 0) is 50.1 Å². The van der Waals surface area contributed by atoms with Gasteiger partial charge in [-0.25, -0.2) is 4.39 Å². The molecule has 9 heteroatoms. The molecular formula is C29H37FN6O2. The van der Waals surface area contributed by atoms with Crippen LogP contribution in [0, 0.1) is 5.82 Å². The fourth-order valence-electron chi connectivity index (χ4n) is 5.75. The van der Waals surface area contributed by atoms with E-state index in [2.05, 4.69) is 41.2 Å². The molecule has 0 bridgehead atoms. The second-order valence-corrected chi connectivity index (χ2v) is 11.7. The van der Waals surface area contributed by atoms with E-state index >= 15 is 0 Å². The SMILES string of the molecule is CC1=C(C)C(=O)N(CC2CNC(C)CN2CC(=O)N2CC(C)(C)c3nnc(Cc4ccc(F)cc4)cc32)C1. The van der Waals surface area contributed by atoms with E-state index in [1.54, 1.807) is 12.1 Å². The molecule has 38 heavy (non-hydrogen) atoms. The highest BCUT2D eigenvalue weighted by atomic mass is 19.1. The maximum absolute atomic E-state index is 13.8. The summed E-state index contributed by atoms with van der Waals surface area (Å²) in [6, 6.07) is 8.63. The Bertz CT molecular complexity index is 1270. The molecule has 202 valence electrons. The van der Waals surface area contributed by atoms with Gasteiger partial charge in [0.15, 0.2) is 0 Å². The monoisotopic (exact) mass is 520 g/mol. The maximum Gasteiger partial charge on any atom is 0.249 e. The van der Waals surface area contributed by atoms with Crippen molar-refractivity contribution in [3.8, 4) is 0 Å². The van der Waals surface area contributed by atoms with Crippen molar-refractivity contribution in [3.63, 3.8) is 0 Å². The van der Waals surface area contributed by atoms with Gasteiger partial charge in [-0.3, -0.25) is 14.5 Å². The van der Waals surface area contributed by atoms with Crippen LogP contribution in [-0.2, 0) is 21.4 Å². The van der Waals surface area contributed by atoms with E-state index in [9.17, 15) is 14.0 Å². The summed E-state index contributed by atoms with van der Waals surface area (Å²) in [5, 5.41) is 12.5. The number of nitrogens with one attached hydrogen (secondary N) is 1. The number of piperazine rings is 1. The van der Waals surface area contributed by atoms with Crippen molar-refractivity contribution >= 4 is 17.5 Å². The Morgan fingerprint density at radius 1 is 1.18 bits per heavy atom. The lowest BCUT2D eigenvalue weighted by atomic mass is 9.91. The number of hydrogen-bond donors (Lipinski definition) is 1. The standard InChI is InChI=1S/C29H37FN6O2/c1-18-13-35(28(38)20(18)3)15-24-12-31-19(2)14-34(24)16-26(37)36-17-29(4,5)27-25(36)11-23(32-33-27)10-21-6-8-22(30)9-7-21/h6-9,11,19,24,31H,10,12-17H2,1-5H3. The first-order valence-corrected chi connectivity index (χ1v) is 13.4. The molecule has 3 aliphatic rings. The Morgan fingerprint density at radius 2 is 1.92 bits per heavy atom. The van der Waals surface area contributed by atoms with E-state index in [-0.39, 0.29) is 41.7 Å². The fraction of sp³-hybridized carbons (Fsp3) is 0.517. The highest BCUT2D eigenvalue weighted by Gasteiger charge is 2.41. The van der Waals surface area contributed by atoms with Gasteiger partial charge in [0.2, 0.25) is 11.8 Å². The number of fused-ring (bicyclic) bond motifs is 1. The van der Waals surface area contributed by atoms with Crippen LogP contribution in [0.15, 0.2) is 41.5 Å². The van der Waals surface area contributed by atoms with Crippen molar-refractivity contribution < 1.29 is 14.0 Å². The number of carbonyl (C=O) groups is 2. The zero-order valence-electron chi connectivity index (χ0n) is 22.9. The lowest BCUT2D eigenvalue weighted by Crippen LogP contribution is -2.61. The van der Waals surface area contributed by atoms with Gasteiger partial charge in [-0.2, -0.15) is 10.2 Å². The van der Waals surface area contributed by atoms with Gasteiger partial charge in [-0.1, -0.05) is 26.0 Å². The number of amides is 2. The molecule has 0 radical (unpaired) electrons. The first kappa shape index (κ1) is 26.4. The quantitative estimate of drug-likeness (QED) is 0.631. The fourth-order valence-corrected chi connectivity index (χ4v) is 5.75. The lowest BCUT2D eigenvalue weighted by Gasteiger charge is -2.41. The zero-order chi connectivity index (χ0) is 27.2. The second-order valence-electron chi connectivity index (χ2n) is 11.7. The predicted molar refractivity (Wildman–Crippen MR) is 144 cm³/mol. The Kier molecular flexibility index (Phi) is 7.09. The van der Waals surface area contributed by atoms with E-state index in [4.69, 9.17) is 0 Å². The highest BCUT2D eigenvalue weighted by molar-refractivity contribution is 5.97. The molecule has 1 N–H and O–H groups in total. The number of anilines is 1. The van der Waals surface area contributed by atoms with Crippen LogP contribution >= 0.6 is 0 Å². The third kappa shape index (κ3) is 5.22. The summed E-state index contributed by atoms with van der Waals surface area (Å²) in [6.07, 6.45) is 0.511. The van der Waals surface area contributed by atoms with Crippen molar-refractivity contribution in [3.05, 3.63) is 64.2 Å². The largest absolute Gasteiger partial charge is 0.333 e. The van der Waals surface area contributed by atoms with Crippen molar-refractivity contribution in [1.82, 2.24) is 25.3 Å². The average Bonchev–Trinajstić information content (AvgIpc) is 3.28. The molecule has 0 spiro atoms. The van der Waals surface area contributed by atoms with Crippen LogP contribution in [0.2, 0.25) is 0 Å². The van der Waals surface area contributed by atoms with E-state index in [1.807, 2.05) is 29.7 Å². The van der Waals surface area contributed by atoms with E-state index < -0.39 is 0 Å². The number of rotatable bonds is 6. The predicted octanol–water partition coefficient (Wildman–Crippen LogP) is 2.67. The molecule has 0 aliphatic carbocycles. The Balaban J connectivity index is 1.33. The van der Waals surface area contributed by atoms with Crippen molar-refractivity contribution in [1.29, 1.82) is 0 Å². The highest BCUT2D eigenvalue weighted by Crippen LogP contribution is 2.39. The molecule has 4 heterocycles. The summed E-state index contributed by atoms with van der Waals surface area (Å²) >= 11 is 0. The smallest absolute Gasteiger partial charge is 0.249 e. The number of hydrogen-bond acceptors (Lipinski definition) is 6. The summed E-state index contributed by atoms with van der Waals surface area (Å²) in [5.74, 6) is -0.159. The third-order valence-electron chi connectivity index (χ3n) is 8.08. The first-order valence-electron chi connectivity index (χ1n) is 13.4. The molecule has 5 rings (SSSR count). The number of nitrogens with zero attached hydrogens (tertiary/aromatic N) is 5. The van der Waals surface area contributed by atoms with Crippen molar-refractivity contribution in [2.75, 3.05) is 44.2 Å². The molecule has 2 unspecified atom stereocenters. The van der Waals surface area contributed by atoms with Crippen molar-refractivity contribution in [2.24, 2.45) is 0 Å². The maximum atomic E-state index is 13.8. The van der Waals surface area contributed by atoms with E-state index in [1.165, 1.54) is 12.1 Å². The van der Waals surface area contributed by atoms with E-state index in [0.717, 1.165) is 46.9 Å². The summed E-state index contributed by atoms with van der Waals surface area (Å²) < 4.78 is 13.3. The van der Waals surface area contributed by atoms with Gasteiger partial charge < -0.3 is 15.1 Å². The third-order valence-corrected chi connectivity index (χ3v) is 8.08. The molecular weight excluding hydrogens is 483 g/mol. The van der Waals surface area contributed by atoms with E-state index in [0.29, 0.717) is 26.1 Å². The van der Waals surface area contributed by atoms with Crippen LogP contribution in [0.4, 0.5) is 10.1 Å². The molecule has 2 aromatic rings. The lowest BCUT2D eigenvalue weighted by molar-refractivity contribution is -0.126. The zero-order valence-corrected chi connectivity index (χ0v) is 22.9. The molecule has 1 aromatic carbocycles. The minimum absolute atomic E-state index is 0.0230. The molecule has 2 atom stereocenters. The van der Waals surface area contributed by atoms with Gasteiger partial charge in [-0.15, -0.1) is 0 Å². The van der Waals surface area contributed by atoms with Gasteiger partial charge in [0, 0.05) is 62.2 Å². The Labute approximate surface area is 223 Å². The van der Waals surface area contributed by atoms with Gasteiger partial charge in [0.1, 0.15) is 5.82 Å². The van der Waals surface area contributed by atoms with Gasteiger partial charge in [0.25, 0.3) is 0 Å². The van der Waals surface area contributed by atoms with Crippen LogP contribution in [0.25, 0.3) is 0 Å². The number of benzene rings is 1. The summed E-state index contributed by atoms with van der Waals surface area (Å²) in [7, 11) is 0. The van der Waals surface area contributed by atoms with Crippen LogP contribution in [0.1, 0.15) is 51.6 Å². The van der Waals surface area contributed by atoms with Gasteiger partial charge in [0.05, 0.1) is 23.6 Å². The van der Waals surface area contributed by atoms with Crippen molar-refractivity contribution in [2.45, 2.75) is 58.5 Å². The minimum Gasteiger partial charge on any atom is -0.333 e. The Morgan fingerprint density at radius 3 is 2.61 bits per heavy atom. The normalized spacial score (nSPS) is 23.4. The Hall–Kier alpha value is -3.17. The van der Waals surface area contributed by atoms with Crippen LogP contribution in [0.5, 0.6) is 0 Å². The molecule has 1 saturated heterocycles. The van der Waals surface area contributed by atoms with Crippen LogP contribution in [0.3, 0.4) is 0 Å². The molecule has 0 saturated carbocycles. The molecule has 1 aromatic heterocycles. The average molecular weight is 521 g/mol. The topological polar surface area (TPSA) is 81.7 Å². The minimum atomic E-state index is -0.314. The molecule has 3 aliphatic heterocycles. The summed E-state index contributed by atoms with van der Waals surface area (Å²) in [6.45, 7) is 13.7. The number of halogens is 1. The van der Waals surface area contributed by atoms with Crippen LogP contribution < -0.4 is 10.2 Å². The summed E-state index contributed by atoms with van der Waals surface area (Å²) in [4.78, 5) is 32.5. The summed E-state index contributed by atoms with van der Waals surface area (Å²) in [5.41, 5.74) is 4.93. The first-order chi connectivity index (χ1) is 18.0. The number of aromatic nitrogens is 2. The van der Waals surface area contributed by atoms with Crippen LogP contribution in [-0.4, -0.2) is 83.2 Å². The number of carbonyl (C=O) groups excluding carboxylic acids is 2.